The van der Waals surface area contributed by atoms with E-state index in [9.17, 15) is 0 Å². The van der Waals surface area contributed by atoms with Crippen molar-refractivity contribution in [1.82, 2.24) is 0 Å². The summed E-state index contributed by atoms with van der Waals surface area (Å²) >= 11 is 0. The molecule has 6 nitrogen and oxygen atoms in total. The van der Waals surface area contributed by atoms with Gasteiger partial charge in [-0.1, -0.05) is 317 Å². The molecular formula is C83H182O6. The highest BCUT2D eigenvalue weighted by atomic mass is 16.7. The van der Waals surface area contributed by atoms with E-state index in [0.717, 1.165) is 106 Å². The molecule has 0 N–H and O–H groups in total. The predicted molar refractivity (Wildman–Crippen MR) is 408 cm³/mol. The Hall–Kier alpha value is -0.240. The quantitative estimate of drug-likeness (QED) is 0.173. The van der Waals surface area contributed by atoms with Gasteiger partial charge in [-0.25, -0.2) is 0 Å². The molecule has 550 valence electrons. The van der Waals surface area contributed by atoms with E-state index in [4.69, 9.17) is 28.4 Å². The zero-order valence-electron chi connectivity index (χ0n) is 69.5. The normalized spacial score (nSPS) is 20.0. The Morgan fingerprint density at radius 3 is 0.562 bits per heavy atom. The Balaban J connectivity index is -0.000000138. The lowest BCUT2D eigenvalue weighted by Crippen LogP contribution is -2.52. The van der Waals surface area contributed by atoms with Crippen molar-refractivity contribution >= 4 is 0 Å². The highest BCUT2D eigenvalue weighted by molar-refractivity contribution is 4.95. The van der Waals surface area contributed by atoms with Crippen molar-refractivity contribution < 1.29 is 28.4 Å². The van der Waals surface area contributed by atoms with Gasteiger partial charge in [0.2, 0.25) is 0 Å². The number of ether oxygens (including phenoxy) is 6. The van der Waals surface area contributed by atoms with Gasteiger partial charge in [0.25, 0.3) is 0 Å². The maximum absolute atomic E-state index is 5.86. The highest BCUT2D eigenvalue weighted by Crippen LogP contribution is 2.53. The Kier molecular flexibility index (Phi) is 65.8. The molecule has 2 aliphatic carbocycles. The van der Waals surface area contributed by atoms with Crippen LogP contribution >= 0.6 is 0 Å². The molecule has 5 aliphatic heterocycles. The van der Waals surface area contributed by atoms with Crippen LogP contribution in [0.3, 0.4) is 0 Å². The molecule has 2 saturated carbocycles. The summed E-state index contributed by atoms with van der Waals surface area (Å²) in [4.78, 5) is 0. The minimum Gasteiger partial charge on any atom is -0.381 e. The van der Waals surface area contributed by atoms with Crippen molar-refractivity contribution in [1.29, 1.82) is 0 Å². The van der Waals surface area contributed by atoms with Gasteiger partial charge in [-0.05, 0) is 127 Å². The Bertz CT molecular complexity index is 1160. The lowest BCUT2D eigenvalue weighted by molar-refractivity contribution is -0.216. The van der Waals surface area contributed by atoms with Crippen LogP contribution in [-0.4, -0.2) is 69.8 Å². The molecule has 0 unspecified atom stereocenters. The van der Waals surface area contributed by atoms with Crippen molar-refractivity contribution in [3.63, 3.8) is 0 Å². The SMILES string of the molecule is C.CC.CC.CC.CC.CC.CC.CC.CC(C)C1(C(C)C)CCC1.CC(C)C1(C(C)C)CCCC1.CC(C)C1(C(C)C)CCCO1.CC(C)C1(C(C)C)CCO1.CC(C)C1(C(C)C)CCOC1.CC(C)C1(C(C)C)COC1.CC(C)C1(C(C)C)OCCO1. The van der Waals surface area contributed by atoms with Gasteiger partial charge < -0.3 is 28.4 Å². The van der Waals surface area contributed by atoms with E-state index >= 15 is 0 Å². The third kappa shape index (κ3) is 31.2. The number of rotatable bonds is 14. The molecule has 0 spiro atoms. The lowest BCUT2D eigenvalue weighted by atomic mass is 9.56. The van der Waals surface area contributed by atoms with Gasteiger partial charge >= 0.3 is 0 Å². The molecule has 0 aromatic rings. The summed E-state index contributed by atoms with van der Waals surface area (Å²) in [6, 6.07) is 0. The number of hydrogen-bond donors (Lipinski definition) is 0. The molecule has 0 aromatic carbocycles. The third-order valence-electron chi connectivity index (χ3n) is 22.0. The topological polar surface area (TPSA) is 55.4 Å². The summed E-state index contributed by atoms with van der Waals surface area (Å²) in [6.07, 6.45) is 15.3. The zero-order valence-corrected chi connectivity index (χ0v) is 69.5. The predicted octanol–water partition coefficient (Wildman–Crippen LogP) is 27.5. The van der Waals surface area contributed by atoms with Crippen molar-refractivity contribution in [3.05, 3.63) is 0 Å². The molecule has 0 radical (unpaired) electrons. The average molecular weight is 1280 g/mol. The third-order valence-corrected chi connectivity index (χ3v) is 22.0. The summed E-state index contributed by atoms with van der Waals surface area (Å²) in [6.45, 7) is 99.5. The first-order chi connectivity index (χ1) is 41.2. The van der Waals surface area contributed by atoms with Crippen LogP contribution in [0.25, 0.3) is 0 Å². The van der Waals surface area contributed by atoms with E-state index < -0.39 is 0 Å². The fourth-order valence-electron chi connectivity index (χ4n) is 15.1. The van der Waals surface area contributed by atoms with Gasteiger partial charge in [0.05, 0.1) is 50.8 Å². The second-order valence-corrected chi connectivity index (χ2v) is 29.3. The average Bonchev–Trinajstić information content (AvgIpc) is 4.31. The fourth-order valence-corrected chi connectivity index (χ4v) is 15.1. The number of hydrogen-bond acceptors (Lipinski definition) is 6. The summed E-state index contributed by atoms with van der Waals surface area (Å²) in [5.41, 5.74) is 2.81. The second kappa shape index (κ2) is 55.8. The molecular weight excluding hydrogens is 1090 g/mol. The standard InChI is InChI=1S/C11H22.2C10H20O.C10H20.C9H18O2.2C9H18O.7C2H6.CH4/c1-9(2)11(10(3)4)7-5-6-8-11;1-8(2)10(9(3)4)5-6-11-7-10;1-8(2)10(9(3)4)6-5-7-11-10;1-8(2)10(9(3)4)6-5-7-10;1-7(2)9(8(3)4)10-5-6-11-9;1-7(2)9(8(3)4)5-10-6-9;1-7(2)9(8(3)4)5-6-10-9;7*1-2;/h9-10H,5-8H2,1-4H3;2*8-9H,5-7H2,1-4H3;8-9H,5-7H2,1-4H3;7-8H,5-6H2,1-4H3;2*7-8H,5-6H2,1-4H3;7*1-2H3;1H4. The maximum Gasteiger partial charge on any atom is 0.172 e. The van der Waals surface area contributed by atoms with Crippen LogP contribution in [-0.2, 0) is 28.4 Å². The maximum atomic E-state index is 5.86. The molecule has 5 heterocycles. The van der Waals surface area contributed by atoms with Gasteiger partial charge in [-0.15, -0.1) is 0 Å². The van der Waals surface area contributed by atoms with Crippen LogP contribution < -0.4 is 0 Å². The fraction of sp³-hybridized carbons (Fsp3) is 1.00. The first-order valence-corrected chi connectivity index (χ1v) is 38.9. The molecule has 0 atom stereocenters. The molecule has 5 saturated heterocycles. The molecule has 7 fully saturated rings. The van der Waals surface area contributed by atoms with E-state index in [1.54, 1.807) is 0 Å². The molecule has 6 heteroatoms. The van der Waals surface area contributed by atoms with Crippen LogP contribution in [0.15, 0.2) is 0 Å². The minimum absolute atomic E-state index is 0. The summed E-state index contributed by atoms with van der Waals surface area (Å²) in [5.74, 6) is 9.79. The van der Waals surface area contributed by atoms with Gasteiger partial charge in [-0.3, -0.25) is 0 Å². The van der Waals surface area contributed by atoms with Crippen molar-refractivity contribution in [2.75, 3.05) is 52.9 Å². The van der Waals surface area contributed by atoms with Crippen LogP contribution in [0.4, 0.5) is 0 Å². The van der Waals surface area contributed by atoms with Gasteiger partial charge in [0, 0.05) is 42.3 Å². The Morgan fingerprint density at radius 1 is 0.202 bits per heavy atom. The van der Waals surface area contributed by atoms with Crippen molar-refractivity contribution in [2.24, 2.45) is 105 Å². The van der Waals surface area contributed by atoms with E-state index in [0.29, 0.717) is 51.8 Å². The van der Waals surface area contributed by atoms with Gasteiger partial charge in [0.1, 0.15) is 0 Å². The van der Waals surface area contributed by atoms with Crippen LogP contribution in [0.5, 0.6) is 0 Å². The molecule has 7 aliphatic rings. The van der Waals surface area contributed by atoms with E-state index in [-0.39, 0.29) is 24.4 Å². The van der Waals surface area contributed by atoms with E-state index in [1.807, 2.05) is 96.9 Å². The van der Waals surface area contributed by atoms with E-state index in [2.05, 4.69) is 194 Å². The summed E-state index contributed by atoms with van der Waals surface area (Å²) in [5, 5.41) is 0. The molecule has 0 aromatic heterocycles. The van der Waals surface area contributed by atoms with E-state index in [1.165, 1.54) is 70.6 Å². The van der Waals surface area contributed by atoms with Crippen LogP contribution in [0.1, 0.15) is 369 Å². The Morgan fingerprint density at radius 2 is 0.472 bits per heavy atom. The van der Waals surface area contributed by atoms with Crippen molar-refractivity contribution in [2.45, 2.75) is 386 Å². The largest absolute Gasteiger partial charge is 0.381 e. The van der Waals surface area contributed by atoms with Crippen LogP contribution in [0, 0.1) is 105 Å². The second-order valence-electron chi connectivity index (χ2n) is 29.3. The molecule has 0 amide bonds. The smallest absolute Gasteiger partial charge is 0.172 e. The molecule has 7 rings (SSSR count). The highest BCUT2D eigenvalue weighted by Gasteiger charge is 2.47. The summed E-state index contributed by atoms with van der Waals surface area (Å²) < 4.78 is 33.5. The summed E-state index contributed by atoms with van der Waals surface area (Å²) in [7, 11) is 0. The van der Waals surface area contributed by atoms with Crippen molar-refractivity contribution in [3.8, 4) is 0 Å². The zero-order chi connectivity index (χ0) is 71.3. The van der Waals surface area contributed by atoms with Gasteiger partial charge in [-0.2, -0.15) is 0 Å². The first-order valence-electron chi connectivity index (χ1n) is 38.9. The van der Waals surface area contributed by atoms with Gasteiger partial charge in [0.15, 0.2) is 5.79 Å². The monoisotopic (exact) mass is 1280 g/mol. The Labute approximate surface area is 568 Å². The first kappa shape index (κ1) is 105. The van der Waals surface area contributed by atoms with Crippen LogP contribution in [0.2, 0.25) is 0 Å². The molecule has 0 bridgehead atoms. The lowest BCUT2D eigenvalue weighted by Gasteiger charge is -2.49. The minimum atomic E-state index is -0.306. The molecule has 89 heavy (non-hydrogen) atoms.